The molecule has 124 valence electrons. The zero-order valence-electron chi connectivity index (χ0n) is 12.3. The van der Waals surface area contributed by atoms with E-state index >= 15 is 0 Å². The molecule has 2 aromatic rings. The van der Waals surface area contributed by atoms with Crippen LogP contribution in [0.15, 0.2) is 41.6 Å². The van der Waals surface area contributed by atoms with E-state index in [1.54, 1.807) is 12.1 Å². The number of halogens is 3. The molecule has 0 aliphatic rings. The molecule has 9 heteroatoms. The van der Waals surface area contributed by atoms with Crippen molar-refractivity contribution in [1.29, 1.82) is 0 Å². The second kappa shape index (κ2) is 6.15. The molecule has 23 heavy (non-hydrogen) atoms. The van der Waals surface area contributed by atoms with E-state index in [1.807, 2.05) is 13.8 Å². The molecule has 0 saturated carbocycles. The molecule has 0 aliphatic carbocycles. The zero-order chi connectivity index (χ0) is 17.3. The maximum Gasteiger partial charge on any atom is 0.451 e. The van der Waals surface area contributed by atoms with E-state index in [0.29, 0.717) is 0 Å². The Balaban J connectivity index is 2.21. The van der Waals surface area contributed by atoms with Crippen LogP contribution in [0.25, 0.3) is 0 Å². The van der Waals surface area contributed by atoms with Crippen molar-refractivity contribution in [2.24, 2.45) is 0 Å². The van der Waals surface area contributed by atoms with Gasteiger partial charge >= 0.3 is 6.18 Å². The number of nitrogens with one attached hydrogen (secondary N) is 1. The first-order valence-corrected chi connectivity index (χ1v) is 8.10. The number of hydrogen-bond donors (Lipinski definition) is 1. The van der Waals surface area contributed by atoms with Gasteiger partial charge in [-0.1, -0.05) is 26.0 Å². The van der Waals surface area contributed by atoms with Gasteiger partial charge in [-0.3, -0.25) is 4.72 Å². The van der Waals surface area contributed by atoms with Crippen LogP contribution in [0.2, 0.25) is 0 Å². The Morgan fingerprint density at radius 3 is 2.00 bits per heavy atom. The monoisotopic (exact) mass is 345 g/mol. The fraction of sp³-hybridized carbons (Fsp3) is 0.286. The van der Waals surface area contributed by atoms with Gasteiger partial charge in [-0.2, -0.15) is 13.2 Å². The van der Waals surface area contributed by atoms with Gasteiger partial charge in [0.1, 0.15) is 0 Å². The van der Waals surface area contributed by atoms with Crippen LogP contribution < -0.4 is 4.72 Å². The van der Waals surface area contributed by atoms with Crippen LogP contribution in [0, 0.1) is 0 Å². The maximum atomic E-state index is 12.4. The van der Waals surface area contributed by atoms with Gasteiger partial charge in [0, 0.05) is 0 Å². The first kappa shape index (κ1) is 17.2. The summed E-state index contributed by atoms with van der Waals surface area (Å²) in [4.78, 5) is 6.21. The van der Waals surface area contributed by atoms with Crippen LogP contribution in [-0.2, 0) is 16.2 Å². The molecule has 1 aromatic carbocycles. The summed E-state index contributed by atoms with van der Waals surface area (Å²) in [5.41, 5.74) is 0.827. The lowest BCUT2D eigenvalue weighted by Crippen LogP contribution is -2.15. The lowest BCUT2D eigenvalue weighted by Gasteiger charge is -2.10. The van der Waals surface area contributed by atoms with Crippen LogP contribution in [-0.4, -0.2) is 18.4 Å². The van der Waals surface area contributed by atoms with Crippen molar-refractivity contribution in [2.45, 2.75) is 30.8 Å². The minimum atomic E-state index is -4.68. The van der Waals surface area contributed by atoms with Gasteiger partial charge in [-0.05, 0) is 23.6 Å². The van der Waals surface area contributed by atoms with Gasteiger partial charge in [0.05, 0.1) is 23.0 Å². The van der Waals surface area contributed by atoms with Crippen LogP contribution in [0.5, 0.6) is 0 Å². The Hall–Kier alpha value is -2.16. The Morgan fingerprint density at radius 1 is 1.04 bits per heavy atom. The molecule has 0 amide bonds. The summed E-state index contributed by atoms with van der Waals surface area (Å²) in [6.07, 6.45) is -3.13. The molecular weight excluding hydrogens is 331 g/mol. The normalized spacial score (nSPS) is 12.4. The SMILES string of the molecule is CC(C)c1ccc(S(=O)(=O)Nc2cnc(C(F)(F)F)nc2)cc1. The summed E-state index contributed by atoms with van der Waals surface area (Å²) in [5, 5.41) is 0. The summed E-state index contributed by atoms with van der Waals surface area (Å²) in [5.74, 6) is -1.08. The number of sulfonamides is 1. The van der Waals surface area contributed by atoms with Gasteiger partial charge in [0.25, 0.3) is 10.0 Å². The van der Waals surface area contributed by atoms with E-state index in [-0.39, 0.29) is 16.5 Å². The van der Waals surface area contributed by atoms with E-state index in [9.17, 15) is 21.6 Å². The van der Waals surface area contributed by atoms with Crippen molar-refractivity contribution in [3.63, 3.8) is 0 Å². The molecular formula is C14H14F3N3O2S. The second-order valence-electron chi connectivity index (χ2n) is 5.12. The summed E-state index contributed by atoms with van der Waals surface area (Å²) >= 11 is 0. The number of aromatic nitrogens is 2. The first-order valence-electron chi connectivity index (χ1n) is 6.61. The molecule has 0 radical (unpaired) electrons. The third-order valence-electron chi connectivity index (χ3n) is 3.01. The molecule has 0 fully saturated rings. The fourth-order valence-electron chi connectivity index (χ4n) is 1.77. The van der Waals surface area contributed by atoms with Crippen LogP contribution in [0.1, 0.15) is 31.2 Å². The molecule has 0 saturated heterocycles. The average Bonchev–Trinajstić information content (AvgIpc) is 2.46. The Kier molecular flexibility index (Phi) is 4.60. The van der Waals surface area contributed by atoms with Crippen molar-refractivity contribution in [1.82, 2.24) is 9.97 Å². The van der Waals surface area contributed by atoms with Crippen LogP contribution >= 0.6 is 0 Å². The molecule has 0 atom stereocenters. The lowest BCUT2D eigenvalue weighted by molar-refractivity contribution is -0.144. The fourth-order valence-corrected chi connectivity index (χ4v) is 2.80. The summed E-state index contributed by atoms with van der Waals surface area (Å²) < 4.78 is 63.6. The van der Waals surface area contributed by atoms with E-state index in [1.165, 1.54) is 12.1 Å². The average molecular weight is 345 g/mol. The summed E-state index contributed by atoms with van der Waals surface area (Å²) in [6, 6.07) is 6.23. The van der Waals surface area contributed by atoms with Gasteiger partial charge < -0.3 is 0 Å². The standard InChI is InChI=1S/C14H14F3N3O2S/c1-9(2)10-3-5-12(6-4-10)23(21,22)20-11-7-18-13(19-8-11)14(15,16)17/h3-9,20H,1-2H3. The predicted molar refractivity (Wildman–Crippen MR) is 78.4 cm³/mol. The van der Waals surface area contributed by atoms with Crippen molar-refractivity contribution in [2.75, 3.05) is 4.72 Å². The van der Waals surface area contributed by atoms with E-state index in [0.717, 1.165) is 18.0 Å². The van der Waals surface area contributed by atoms with Crippen molar-refractivity contribution in [3.05, 3.63) is 48.0 Å². The number of benzene rings is 1. The number of rotatable bonds is 4. The number of alkyl halides is 3. The highest BCUT2D eigenvalue weighted by Gasteiger charge is 2.34. The zero-order valence-corrected chi connectivity index (χ0v) is 13.1. The molecule has 0 aliphatic heterocycles. The quantitative estimate of drug-likeness (QED) is 0.922. The lowest BCUT2D eigenvalue weighted by atomic mass is 10.0. The first-order chi connectivity index (χ1) is 10.6. The highest BCUT2D eigenvalue weighted by Crippen LogP contribution is 2.26. The van der Waals surface area contributed by atoms with Crippen molar-refractivity contribution in [3.8, 4) is 0 Å². The summed E-state index contributed by atoms with van der Waals surface area (Å²) in [6.45, 7) is 3.95. The minimum Gasteiger partial charge on any atom is -0.276 e. The van der Waals surface area contributed by atoms with Crippen LogP contribution in [0.4, 0.5) is 18.9 Å². The number of nitrogens with zero attached hydrogens (tertiary/aromatic N) is 2. The smallest absolute Gasteiger partial charge is 0.276 e. The predicted octanol–water partition coefficient (Wildman–Crippen LogP) is 3.42. The van der Waals surface area contributed by atoms with E-state index in [4.69, 9.17) is 0 Å². The summed E-state index contributed by atoms with van der Waals surface area (Å²) in [7, 11) is -3.92. The molecule has 0 unspecified atom stereocenters. The third-order valence-corrected chi connectivity index (χ3v) is 4.41. The molecule has 1 N–H and O–H groups in total. The topological polar surface area (TPSA) is 72.0 Å². The Labute approximate surface area is 131 Å². The van der Waals surface area contributed by atoms with Gasteiger partial charge in [0.15, 0.2) is 0 Å². The molecule has 1 heterocycles. The van der Waals surface area contributed by atoms with E-state index in [2.05, 4.69) is 14.7 Å². The Morgan fingerprint density at radius 2 is 1.57 bits per heavy atom. The van der Waals surface area contributed by atoms with Gasteiger partial charge in [-0.25, -0.2) is 18.4 Å². The maximum absolute atomic E-state index is 12.4. The molecule has 5 nitrogen and oxygen atoms in total. The number of hydrogen-bond acceptors (Lipinski definition) is 4. The van der Waals surface area contributed by atoms with Crippen molar-refractivity contribution >= 4 is 15.7 Å². The Bertz CT molecular complexity index is 770. The minimum absolute atomic E-state index is 0.00166. The van der Waals surface area contributed by atoms with Gasteiger partial charge in [0.2, 0.25) is 5.82 Å². The highest BCUT2D eigenvalue weighted by molar-refractivity contribution is 7.92. The largest absolute Gasteiger partial charge is 0.451 e. The molecule has 1 aromatic heterocycles. The van der Waals surface area contributed by atoms with Gasteiger partial charge in [-0.15, -0.1) is 0 Å². The van der Waals surface area contributed by atoms with Crippen molar-refractivity contribution < 1.29 is 21.6 Å². The third kappa shape index (κ3) is 4.19. The second-order valence-corrected chi connectivity index (χ2v) is 6.80. The molecule has 0 bridgehead atoms. The molecule has 0 spiro atoms. The highest BCUT2D eigenvalue weighted by atomic mass is 32.2. The number of anilines is 1. The molecule has 2 rings (SSSR count). The van der Waals surface area contributed by atoms with Crippen LogP contribution in [0.3, 0.4) is 0 Å². The van der Waals surface area contributed by atoms with E-state index < -0.39 is 22.0 Å².